The number of carboxylic acids is 1. The SMILES string of the molecule is CC(C)(C)OC(C(=O)O)c1ccc(Oc2ccccc2)cc1-c1ccc2c(c1)CCCO2.COC(=O)C(OC(C)(C)C)c1cc(N)c(Oc2ccccc2)cc1-c1ccc2c(c1)CCCO2.COC(=O)C(OC(C)(C)C)c1cc([N+](=O)[O-])c(Oc2ccccc2)cc1-c1ccc2c(c1)CCCO2.COC(=O)C(OC(C)(C)C)c1ccc(Oc2ccccc2)cc1-c1ccc2c(c1)CCCO2. The molecule has 12 aromatic rings. The fourth-order valence-corrected chi connectivity index (χ4v) is 15.9. The third-order valence-corrected chi connectivity index (χ3v) is 21.8. The van der Waals surface area contributed by atoms with Gasteiger partial charge >= 0.3 is 29.6 Å². The first kappa shape index (κ1) is 98.5. The van der Waals surface area contributed by atoms with Crippen LogP contribution < -0.4 is 43.6 Å². The van der Waals surface area contributed by atoms with Crippen molar-refractivity contribution < 1.29 is 100 Å². The van der Waals surface area contributed by atoms with Gasteiger partial charge in [-0.15, -0.1) is 0 Å². The Morgan fingerprint density at radius 1 is 0.333 bits per heavy atom. The van der Waals surface area contributed by atoms with Crippen LogP contribution in [-0.4, -0.2) is 104 Å². The molecule has 0 spiro atoms. The van der Waals surface area contributed by atoms with E-state index in [1.54, 1.807) is 69.3 Å². The number of carboxylic acid groups (broad SMARTS) is 1. The van der Waals surface area contributed by atoms with Gasteiger partial charge in [0.1, 0.15) is 57.5 Å². The summed E-state index contributed by atoms with van der Waals surface area (Å²) in [5, 5.41) is 22.1. The molecule has 4 unspecified atom stereocenters. The van der Waals surface area contributed by atoms with Crippen molar-refractivity contribution >= 4 is 35.3 Å². The number of para-hydroxylation sites is 4. The number of aliphatic carboxylic acids is 1. The van der Waals surface area contributed by atoms with Crippen LogP contribution in [-0.2, 0) is 78.0 Å². The summed E-state index contributed by atoms with van der Waals surface area (Å²) in [5.41, 5.74) is 17.3. The number of nitro benzene ring substituents is 1. The summed E-state index contributed by atoms with van der Waals surface area (Å²) in [4.78, 5) is 62.3. The van der Waals surface area contributed by atoms with Gasteiger partial charge in [-0.25, -0.2) is 19.2 Å². The highest BCUT2D eigenvalue weighted by Crippen LogP contribution is 2.48. The zero-order valence-electron chi connectivity index (χ0n) is 79.1. The molecule has 0 fully saturated rings. The molecule has 0 saturated heterocycles. The van der Waals surface area contributed by atoms with Gasteiger partial charge in [-0.3, -0.25) is 10.1 Å². The molecule has 24 heteroatoms. The molecule has 4 aliphatic heterocycles. The number of hydrogen-bond acceptors (Lipinski definition) is 22. The lowest BCUT2D eigenvalue weighted by atomic mass is 9.92. The Kier molecular flexibility index (Phi) is 32.2. The van der Waals surface area contributed by atoms with Crippen molar-refractivity contribution in [1.82, 2.24) is 0 Å². The van der Waals surface area contributed by atoms with E-state index >= 15 is 0 Å². The molecule has 0 bridgehead atoms. The number of nitro groups is 1. The van der Waals surface area contributed by atoms with Crippen molar-refractivity contribution in [2.75, 3.05) is 53.5 Å². The number of rotatable bonds is 25. The van der Waals surface area contributed by atoms with Crippen molar-refractivity contribution in [3.8, 4) is 114 Å². The highest BCUT2D eigenvalue weighted by molar-refractivity contribution is 5.87. The van der Waals surface area contributed by atoms with Crippen molar-refractivity contribution in [1.29, 1.82) is 0 Å². The summed E-state index contributed by atoms with van der Waals surface area (Å²) in [6.07, 6.45) is 3.33. The van der Waals surface area contributed by atoms with E-state index in [2.05, 4.69) is 18.2 Å². The number of esters is 3. The second kappa shape index (κ2) is 44.2. The molecule has 704 valence electrons. The van der Waals surface area contributed by atoms with Gasteiger partial charge in [-0.05, 0) is 341 Å². The number of benzene rings is 12. The van der Waals surface area contributed by atoms with Gasteiger partial charge in [0.2, 0.25) is 5.75 Å². The Morgan fingerprint density at radius 2 is 0.615 bits per heavy atom. The van der Waals surface area contributed by atoms with E-state index in [0.29, 0.717) is 69.0 Å². The molecule has 24 nitrogen and oxygen atoms in total. The van der Waals surface area contributed by atoms with Crippen LogP contribution in [0.1, 0.15) is 178 Å². The van der Waals surface area contributed by atoms with Crippen molar-refractivity contribution in [2.24, 2.45) is 0 Å². The molecule has 4 aliphatic rings. The van der Waals surface area contributed by atoms with E-state index in [4.69, 9.17) is 76.8 Å². The van der Waals surface area contributed by atoms with Crippen LogP contribution in [0.2, 0.25) is 0 Å². The van der Waals surface area contributed by atoms with E-state index in [9.17, 15) is 34.4 Å². The predicted molar refractivity (Wildman–Crippen MR) is 518 cm³/mol. The number of nitrogen functional groups attached to an aromatic ring is 1. The fraction of sp³-hybridized carbons (Fsp3) is 0.315. The van der Waals surface area contributed by atoms with E-state index in [0.717, 1.165) is 167 Å². The van der Waals surface area contributed by atoms with Gasteiger partial charge in [-0.2, -0.15) is 0 Å². The second-order valence-electron chi connectivity index (χ2n) is 36.7. The largest absolute Gasteiger partial charge is 0.493 e. The third-order valence-electron chi connectivity index (χ3n) is 21.8. The highest BCUT2D eigenvalue weighted by atomic mass is 16.6. The lowest BCUT2D eigenvalue weighted by Gasteiger charge is -2.28. The minimum Gasteiger partial charge on any atom is -0.493 e. The molecule has 4 heterocycles. The van der Waals surface area contributed by atoms with Gasteiger partial charge < -0.3 is 81.9 Å². The summed E-state index contributed by atoms with van der Waals surface area (Å²) in [6, 6.07) is 79.0. The minimum atomic E-state index is -1.19. The summed E-state index contributed by atoms with van der Waals surface area (Å²) < 4.78 is 86.9. The molecule has 4 atom stereocenters. The molecule has 0 radical (unpaired) electrons. The lowest BCUT2D eigenvalue weighted by molar-refractivity contribution is -0.385. The Bertz CT molecular complexity index is 6140. The molecule has 3 N–H and O–H groups in total. The second-order valence-corrected chi connectivity index (χ2v) is 36.7. The zero-order valence-corrected chi connectivity index (χ0v) is 79.1. The first-order valence-corrected chi connectivity index (χ1v) is 45.2. The molecule has 0 aromatic heterocycles. The zero-order chi connectivity index (χ0) is 96.3. The number of carbonyl (C=O) groups excluding carboxylic acids is 3. The van der Waals surface area contributed by atoms with E-state index in [1.165, 1.54) is 27.4 Å². The fourth-order valence-electron chi connectivity index (χ4n) is 15.9. The molecule has 0 saturated carbocycles. The number of anilines is 1. The van der Waals surface area contributed by atoms with Crippen LogP contribution in [0.25, 0.3) is 44.5 Å². The van der Waals surface area contributed by atoms with Crippen molar-refractivity contribution in [3.63, 3.8) is 0 Å². The van der Waals surface area contributed by atoms with Crippen molar-refractivity contribution in [3.05, 3.63) is 309 Å². The Morgan fingerprint density at radius 3 is 0.926 bits per heavy atom. The van der Waals surface area contributed by atoms with Crippen LogP contribution >= 0.6 is 0 Å². The van der Waals surface area contributed by atoms with Crippen molar-refractivity contribution in [2.45, 2.75) is 181 Å². The molecule has 0 amide bonds. The van der Waals surface area contributed by atoms with Gasteiger partial charge in [0, 0.05) is 28.3 Å². The molecule has 135 heavy (non-hydrogen) atoms. The Labute approximate surface area is 788 Å². The molecule has 12 aromatic carbocycles. The molecule has 16 rings (SSSR count). The van der Waals surface area contributed by atoms with E-state index < -0.39 is 75.6 Å². The van der Waals surface area contributed by atoms with Gasteiger partial charge in [-0.1, -0.05) is 109 Å². The maximum Gasteiger partial charge on any atom is 0.339 e. The Balaban J connectivity index is 0.000000153. The summed E-state index contributed by atoms with van der Waals surface area (Å²) >= 11 is 0. The van der Waals surface area contributed by atoms with Crippen LogP contribution in [0.3, 0.4) is 0 Å². The predicted octanol–water partition coefficient (Wildman–Crippen LogP) is 25.4. The van der Waals surface area contributed by atoms with Crippen LogP contribution in [0.15, 0.2) is 255 Å². The average molecular weight is 1830 g/mol. The topological polar surface area (TPSA) is 296 Å². The average Bonchev–Trinajstić information content (AvgIpc) is 0.771. The number of methoxy groups -OCH3 is 3. The van der Waals surface area contributed by atoms with Gasteiger partial charge in [0.25, 0.3) is 0 Å². The number of aryl methyl sites for hydroxylation is 4. The number of ether oxygens (including phenoxy) is 15. The van der Waals surface area contributed by atoms with Crippen LogP contribution in [0, 0.1) is 10.1 Å². The summed E-state index contributed by atoms with van der Waals surface area (Å²) in [7, 11) is 4.00. The number of hydrogen-bond donors (Lipinski definition) is 2. The van der Waals surface area contributed by atoms with Crippen LogP contribution in [0.4, 0.5) is 11.4 Å². The summed E-state index contributed by atoms with van der Waals surface area (Å²) in [6.45, 7) is 25.3. The molecular formula is C111H118N2O22. The first-order chi connectivity index (χ1) is 64.5. The number of nitrogens with two attached hydrogens (primary N) is 1. The standard InChI is InChI=1S/C28H29NO7.C28H31NO5.C28H30O5.C27H28O5/c1-28(2,3)36-26(27(30)33-4)22-16-23(29(31)32)25(35-20-10-6-5-7-11-20)17-21(22)18-12-13-24-19(15-18)9-8-14-34-24;1-28(2,3)34-26(27(30)31-4)22-16-23(29)25(33-20-10-6-5-7-11-20)17-21(22)18-12-13-24-19(15-18)9-8-14-32-24;1-28(2,3)33-26(27(29)30-4)23-14-13-22(32-21-10-6-5-7-11-21)18-24(23)19-12-15-25-20(17-19)9-8-16-31-25;1-27(2,3)32-25(26(28)29)22-13-12-21(31-20-9-5-4-6-10-20)17-23(22)18-11-14-24-19(16-18)8-7-15-30-24/h5-7,10-13,15-17,26H,8-9,14H2,1-4H3;5-7,10-13,15-17,26H,8-9,14,29H2,1-4H3;5-7,10-15,17-18,26H,8-9,16H2,1-4H3;4-6,9-14,16-17,25H,7-8,15H2,1-3H3,(H,28,29). The minimum absolute atomic E-state index is 0.0540. The van der Waals surface area contributed by atoms with Gasteiger partial charge in [0.15, 0.2) is 30.2 Å². The van der Waals surface area contributed by atoms with E-state index in [1.807, 2.05) is 244 Å². The third kappa shape index (κ3) is 26.7. The first-order valence-electron chi connectivity index (χ1n) is 45.2. The number of fused-ring (bicyclic) bond motifs is 4. The monoisotopic (exact) mass is 1830 g/mol. The molecular weight excluding hydrogens is 1710 g/mol. The normalized spacial score (nSPS) is 14.0. The molecule has 0 aliphatic carbocycles. The van der Waals surface area contributed by atoms with E-state index in [-0.39, 0.29) is 11.4 Å². The Hall–Kier alpha value is -14.0. The maximum absolute atomic E-state index is 12.9. The quantitative estimate of drug-likeness (QED) is 0.0177. The lowest BCUT2D eigenvalue weighted by Crippen LogP contribution is -2.28. The number of carbonyl (C=O) groups is 4. The van der Waals surface area contributed by atoms with Crippen LogP contribution in [0.5, 0.6) is 69.0 Å². The summed E-state index contributed by atoms with van der Waals surface area (Å²) in [5.74, 6) is 5.32. The van der Waals surface area contributed by atoms with Gasteiger partial charge in [0.05, 0.1) is 80.8 Å². The number of nitrogens with zero attached hydrogens (tertiary/aromatic N) is 1. The highest BCUT2D eigenvalue weighted by Gasteiger charge is 2.38. The smallest absolute Gasteiger partial charge is 0.339 e. The maximum atomic E-state index is 12.9.